The Balaban J connectivity index is 0.00000137. The molecule has 1 amide bonds. The standard InChI is InChI=1S/C26H36ClN3O2.C2H7N/c1-6-29-18(4)13-17(3)23(26(29)32)16-28-25(31)22-14-20(27)15-24(19(22)5)30(7-2)21-11-9-8-10-12-21;1-3-2/h13-15,21H,6-12,16H2,1-5H3,(H,28,31);3H,1-2H3. The number of nitrogens with one attached hydrogen (secondary N) is 2. The second-order valence-electron chi connectivity index (χ2n) is 9.35. The zero-order chi connectivity index (χ0) is 26.1. The molecule has 1 aliphatic rings. The fraction of sp³-hybridized carbons (Fsp3) is 0.571. The van der Waals surface area contributed by atoms with Crippen LogP contribution in [0.4, 0.5) is 5.69 Å². The SMILES string of the molecule is CCN(c1cc(Cl)cc(C(=O)NCc2c(C)cc(C)n(CC)c2=O)c1C)C1CCCCC1.CNC. The van der Waals surface area contributed by atoms with Crippen molar-refractivity contribution < 1.29 is 4.79 Å². The van der Waals surface area contributed by atoms with E-state index in [1.807, 2.05) is 53.9 Å². The first-order chi connectivity index (χ1) is 16.7. The predicted molar refractivity (Wildman–Crippen MR) is 148 cm³/mol. The Morgan fingerprint density at radius 1 is 1.09 bits per heavy atom. The molecule has 0 bridgehead atoms. The molecule has 0 radical (unpaired) electrons. The molecule has 1 aromatic carbocycles. The van der Waals surface area contributed by atoms with Crippen LogP contribution in [0, 0.1) is 20.8 Å². The third-order valence-electron chi connectivity index (χ3n) is 6.83. The van der Waals surface area contributed by atoms with Crippen LogP contribution in [0.3, 0.4) is 0 Å². The normalized spacial score (nSPS) is 13.7. The van der Waals surface area contributed by atoms with Crippen LogP contribution in [0.1, 0.15) is 78.7 Å². The molecule has 1 aromatic heterocycles. The minimum Gasteiger partial charge on any atom is -0.369 e. The summed E-state index contributed by atoms with van der Waals surface area (Å²) >= 11 is 6.47. The lowest BCUT2D eigenvalue weighted by Crippen LogP contribution is -2.37. The highest BCUT2D eigenvalue weighted by Gasteiger charge is 2.24. The van der Waals surface area contributed by atoms with Crippen molar-refractivity contribution in [3.8, 4) is 0 Å². The van der Waals surface area contributed by atoms with E-state index in [9.17, 15) is 9.59 Å². The van der Waals surface area contributed by atoms with Crippen molar-refractivity contribution in [2.75, 3.05) is 25.5 Å². The number of rotatable bonds is 7. The van der Waals surface area contributed by atoms with Gasteiger partial charge in [0.1, 0.15) is 0 Å². The van der Waals surface area contributed by atoms with E-state index >= 15 is 0 Å². The van der Waals surface area contributed by atoms with Gasteiger partial charge in [-0.3, -0.25) is 9.59 Å². The van der Waals surface area contributed by atoms with Gasteiger partial charge in [0.25, 0.3) is 11.5 Å². The predicted octanol–water partition coefficient (Wildman–Crippen LogP) is 5.37. The van der Waals surface area contributed by atoms with Crippen LogP contribution in [0.2, 0.25) is 5.02 Å². The lowest BCUT2D eigenvalue weighted by Gasteiger charge is -2.36. The molecule has 0 saturated heterocycles. The summed E-state index contributed by atoms with van der Waals surface area (Å²) in [5, 5.41) is 6.28. The van der Waals surface area contributed by atoms with Crippen molar-refractivity contribution in [3.63, 3.8) is 0 Å². The van der Waals surface area contributed by atoms with Crippen LogP contribution in [0.25, 0.3) is 0 Å². The number of nitrogens with zero attached hydrogens (tertiary/aromatic N) is 2. The summed E-state index contributed by atoms with van der Waals surface area (Å²) in [5.41, 5.74) is 4.97. The minimum absolute atomic E-state index is 0.0386. The van der Waals surface area contributed by atoms with Gasteiger partial charge in [-0.25, -0.2) is 0 Å². The molecule has 3 rings (SSSR count). The fourth-order valence-corrected chi connectivity index (χ4v) is 5.27. The van der Waals surface area contributed by atoms with Crippen molar-refractivity contribution in [2.24, 2.45) is 0 Å². The summed E-state index contributed by atoms with van der Waals surface area (Å²) in [5.74, 6) is -0.201. The number of aryl methyl sites for hydroxylation is 2. The molecule has 2 N–H and O–H groups in total. The summed E-state index contributed by atoms with van der Waals surface area (Å²) in [4.78, 5) is 28.4. The molecule has 0 atom stereocenters. The molecule has 1 saturated carbocycles. The third-order valence-corrected chi connectivity index (χ3v) is 7.05. The molecule has 6 nitrogen and oxygen atoms in total. The van der Waals surface area contributed by atoms with Gasteiger partial charge in [0, 0.05) is 53.2 Å². The molecule has 1 heterocycles. The highest BCUT2D eigenvalue weighted by atomic mass is 35.5. The van der Waals surface area contributed by atoms with Gasteiger partial charge in [-0.1, -0.05) is 30.9 Å². The first kappa shape index (κ1) is 28.9. The number of pyridine rings is 1. The fourth-order valence-electron chi connectivity index (χ4n) is 5.06. The number of amides is 1. The van der Waals surface area contributed by atoms with Crippen molar-refractivity contribution in [1.82, 2.24) is 15.2 Å². The first-order valence-corrected chi connectivity index (χ1v) is 13.2. The minimum atomic E-state index is -0.201. The second-order valence-corrected chi connectivity index (χ2v) is 9.79. The van der Waals surface area contributed by atoms with E-state index in [-0.39, 0.29) is 18.0 Å². The van der Waals surface area contributed by atoms with E-state index in [1.165, 1.54) is 32.1 Å². The van der Waals surface area contributed by atoms with Crippen LogP contribution in [0.15, 0.2) is 23.0 Å². The number of halogens is 1. The number of carbonyl (C=O) groups excluding carboxylic acids is 1. The summed E-state index contributed by atoms with van der Waals surface area (Å²) < 4.78 is 1.74. The van der Waals surface area contributed by atoms with Crippen molar-refractivity contribution >= 4 is 23.2 Å². The molecule has 0 aliphatic heterocycles. The molecule has 1 aliphatic carbocycles. The monoisotopic (exact) mass is 502 g/mol. The van der Waals surface area contributed by atoms with Gasteiger partial charge in [0.05, 0.1) is 0 Å². The van der Waals surface area contributed by atoms with Crippen molar-refractivity contribution in [2.45, 2.75) is 85.9 Å². The average Bonchev–Trinajstić information content (AvgIpc) is 2.82. The Kier molecular flexibility index (Phi) is 11.3. The Hall–Kier alpha value is -2.31. The van der Waals surface area contributed by atoms with E-state index in [0.29, 0.717) is 28.7 Å². The molecule has 0 spiro atoms. The summed E-state index contributed by atoms with van der Waals surface area (Å²) in [6.07, 6.45) is 6.16. The first-order valence-electron chi connectivity index (χ1n) is 12.8. The molecule has 2 aromatic rings. The van der Waals surface area contributed by atoms with Gasteiger partial charge in [-0.15, -0.1) is 0 Å². The van der Waals surface area contributed by atoms with Crippen LogP contribution < -0.4 is 21.1 Å². The van der Waals surface area contributed by atoms with Crippen molar-refractivity contribution in [3.05, 3.63) is 61.5 Å². The molecule has 0 unspecified atom stereocenters. The summed E-state index contributed by atoms with van der Waals surface area (Å²) in [6, 6.07) is 6.20. The average molecular weight is 503 g/mol. The lowest BCUT2D eigenvalue weighted by molar-refractivity contribution is 0.0950. The van der Waals surface area contributed by atoms with Gasteiger partial charge in [0.15, 0.2) is 0 Å². The Morgan fingerprint density at radius 2 is 1.71 bits per heavy atom. The van der Waals surface area contributed by atoms with E-state index < -0.39 is 0 Å². The lowest BCUT2D eigenvalue weighted by atomic mass is 9.93. The van der Waals surface area contributed by atoms with Gasteiger partial charge in [0.2, 0.25) is 0 Å². The topological polar surface area (TPSA) is 66.4 Å². The highest BCUT2D eigenvalue weighted by molar-refractivity contribution is 6.31. The number of aromatic nitrogens is 1. The molecule has 35 heavy (non-hydrogen) atoms. The number of hydrogen-bond donors (Lipinski definition) is 2. The molecule has 1 fully saturated rings. The maximum atomic E-state index is 13.2. The second kappa shape index (κ2) is 13.7. The van der Waals surface area contributed by atoms with Crippen LogP contribution in [-0.2, 0) is 13.1 Å². The van der Waals surface area contributed by atoms with Crippen LogP contribution in [-0.4, -0.2) is 37.2 Å². The zero-order valence-corrected chi connectivity index (χ0v) is 23.3. The summed E-state index contributed by atoms with van der Waals surface area (Å²) in [7, 11) is 3.75. The van der Waals surface area contributed by atoms with E-state index in [0.717, 1.165) is 29.1 Å². The quantitative estimate of drug-likeness (QED) is 0.534. The zero-order valence-electron chi connectivity index (χ0n) is 22.6. The van der Waals surface area contributed by atoms with Gasteiger partial charge >= 0.3 is 0 Å². The number of anilines is 1. The molecular formula is C28H43ClN4O2. The maximum absolute atomic E-state index is 13.2. The van der Waals surface area contributed by atoms with Crippen LogP contribution in [0.5, 0.6) is 0 Å². The van der Waals surface area contributed by atoms with Crippen molar-refractivity contribution in [1.29, 1.82) is 0 Å². The van der Waals surface area contributed by atoms with Gasteiger partial charge < -0.3 is 20.1 Å². The van der Waals surface area contributed by atoms with E-state index in [1.54, 1.807) is 10.6 Å². The Bertz CT molecular complexity index is 1060. The highest BCUT2D eigenvalue weighted by Crippen LogP contribution is 2.33. The summed E-state index contributed by atoms with van der Waals surface area (Å²) in [6.45, 7) is 11.6. The Morgan fingerprint density at radius 3 is 2.29 bits per heavy atom. The third kappa shape index (κ3) is 7.11. The largest absolute Gasteiger partial charge is 0.369 e. The molecule has 194 valence electrons. The Labute approximate surface area is 216 Å². The van der Waals surface area contributed by atoms with E-state index in [2.05, 4.69) is 22.5 Å². The van der Waals surface area contributed by atoms with Gasteiger partial charge in [-0.2, -0.15) is 0 Å². The molecule has 7 heteroatoms. The number of benzene rings is 1. The van der Waals surface area contributed by atoms with Crippen LogP contribution >= 0.6 is 11.6 Å². The molecular weight excluding hydrogens is 460 g/mol. The smallest absolute Gasteiger partial charge is 0.255 e. The maximum Gasteiger partial charge on any atom is 0.255 e. The van der Waals surface area contributed by atoms with E-state index in [4.69, 9.17) is 11.6 Å². The van der Waals surface area contributed by atoms with Gasteiger partial charge in [-0.05, 0) is 90.9 Å². The number of carbonyl (C=O) groups is 1. The number of hydrogen-bond acceptors (Lipinski definition) is 4.